The zero-order chi connectivity index (χ0) is 57.1. The van der Waals surface area contributed by atoms with E-state index in [9.17, 15) is 14.4 Å². The van der Waals surface area contributed by atoms with Crippen LogP contribution < -0.4 is 0 Å². The van der Waals surface area contributed by atoms with E-state index in [4.69, 9.17) is 14.2 Å². The van der Waals surface area contributed by atoms with Gasteiger partial charge in [-0.2, -0.15) is 0 Å². The largest absolute Gasteiger partial charge is 0.462 e. The van der Waals surface area contributed by atoms with E-state index in [0.717, 1.165) is 83.5 Å². The summed E-state index contributed by atoms with van der Waals surface area (Å²) in [7, 11) is 0. The van der Waals surface area contributed by atoms with Crippen LogP contribution in [0.5, 0.6) is 0 Å². The molecule has 0 saturated heterocycles. The van der Waals surface area contributed by atoms with Gasteiger partial charge in [-0.3, -0.25) is 14.4 Å². The Balaban J connectivity index is 4.30. The predicted octanol–water partition coefficient (Wildman–Crippen LogP) is 23.9. The Bertz CT molecular complexity index is 1410. The maximum atomic E-state index is 12.9. The first-order valence-corrected chi connectivity index (χ1v) is 34.8. The number of unbranched alkanes of at least 4 members (excludes halogenated alkanes) is 43. The summed E-state index contributed by atoms with van der Waals surface area (Å²) in [6.07, 6.45) is 86.8. The molecule has 0 radical (unpaired) electrons. The summed E-state index contributed by atoms with van der Waals surface area (Å²) in [5, 5.41) is 0. The third kappa shape index (κ3) is 65.8. The summed E-state index contributed by atoms with van der Waals surface area (Å²) in [4.78, 5) is 38.4. The maximum absolute atomic E-state index is 12.9. The number of ether oxygens (including phenoxy) is 3. The van der Waals surface area contributed by atoms with Crippen molar-refractivity contribution in [2.45, 2.75) is 374 Å². The summed E-state index contributed by atoms with van der Waals surface area (Å²) < 4.78 is 17.0. The number of hydrogen-bond donors (Lipinski definition) is 0. The Morgan fingerprint density at radius 2 is 0.494 bits per heavy atom. The molecule has 0 aromatic heterocycles. The SMILES string of the molecule is CC/C=C\C/C=C\C/C=C\C/C=C\CCCCC(=O)OCC(COC(=O)CCCCCCCCCCCCCCC/C=C\CCCCCCCCCC)OC(=O)CCCCCCCCCCCCCCCCCCCCCCC. The normalized spacial score (nSPS) is 12.4. The monoisotopic (exact) mass is 1110 g/mol. The topological polar surface area (TPSA) is 78.9 Å². The van der Waals surface area contributed by atoms with Crippen LogP contribution in [-0.2, 0) is 28.6 Å². The molecule has 0 heterocycles. The van der Waals surface area contributed by atoms with Gasteiger partial charge in [0, 0.05) is 19.3 Å². The molecule has 0 fully saturated rings. The van der Waals surface area contributed by atoms with Crippen molar-refractivity contribution < 1.29 is 28.6 Å². The van der Waals surface area contributed by atoms with Crippen molar-refractivity contribution >= 4 is 17.9 Å². The predicted molar refractivity (Wildman–Crippen MR) is 344 cm³/mol. The van der Waals surface area contributed by atoms with Crippen LogP contribution in [0.25, 0.3) is 0 Å². The van der Waals surface area contributed by atoms with E-state index in [1.54, 1.807) is 0 Å². The molecular formula is C73H132O6. The lowest BCUT2D eigenvalue weighted by Crippen LogP contribution is -2.30. The van der Waals surface area contributed by atoms with Crippen LogP contribution >= 0.6 is 0 Å². The number of hydrogen-bond acceptors (Lipinski definition) is 6. The zero-order valence-electron chi connectivity index (χ0n) is 52.9. The molecule has 460 valence electrons. The highest BCUT2D eigenvalue weighted by Crippen LogP contribution is 2.18. The summed E-state index contributed by atoms with van der Waals surface area (Å²) in [6, 6.07) is 0. The highest BCUT2D eigenvalue weighted by atomic mass is 16.6. The van der Waals surface area contributed by atoms with Crippen LogP contribution in [0.3, 0.4) is 0 Å². The maximum Gasteiger partial charge on any atom is 0.306 e. The fourth-order valence-corrected chi connectivity index (χ4v) is 10.3. The Morgan fingerprint density at radius 1 is 0.266 bits per heavy atom. The number of esters is 3. The third-order valence-corrected chi connectivity index (χ3v) is 15.5. The van der Waals surface area contributed by atoms with E-state index in [0.29, 0.717) is 19.3 Å². The minimum atomic E-state index is -0.791. The molecule has 0 aliphatic heterocycles. The molecule has 1 unspecified atom stereocenters. The van der Waals surface area contributed by atoms with Crippen LogP contribution in [-0.4, -0.2) is 37.2 Å². The second kappa shape index (κ2) is 67.6. The van der Waals surface area contributed by atoms with E-state index in [2.05, 4.69) is 81.5 Å². The highest BCUT2D eigenvalue weighted by Gasteiger charge is 2.19. The van der Waals surface area contributed by atoms with Crippen molar-refractivity contribution in [2.75, 3.05) is 13.2 Å². The molecule has 0 rings (SSSR count). The highest BCUT2D eigenvalue weighted by molar-refractivity contribution is 5.71. The van der Waals surface area contributed by atoms with Gasteiger partial charge in [0.25, 0.3) is 0 Å². The van der Waals surface area contributed by atoms with Crippen molar-refractivity contribution in [2.24, 2.45) is 0 Å². The minimum absolute atomic E-state index is 0.0836. The first-order chi connectivity index (χ1) is 39.0. The summed E-state index contributed by atoms with van der Waals surface area (Å²) in [5.41, 5.74) is 0. The van der Waals surface area contributed by atoms with Gasteiger partial charge in [0.15, 0.2) is 6.10 Å². The van der Waals surface area contributed by atoms with E-state index in [1.165, 1.54) is 244 Å². The second-order valence-corrected chi connectivity index (χ2v) is 23.4. The molecule has 0 bridgehead atoms. The number of rotatable bonds is 64. The molecule has 0 aliphatic carbocycles. The Labute approximate surface area is 491 Å². The average molecular weight is 1110 g/mol. The molecule has 0 aromatic carbocycles. The molecule has 0 aliphatic rings. The number of carbonyl (C=O) groups is 3. The summed E-state index contributed by atoms with van der Waals surface area (Å²) >= 11 is 0. The summed E-state index contributed by atoms with van der Waals surface area (Å²) in [6.45, 7) is 6.55. The third-order valence-electron chi connectivity index (χ3n) is 15.5. The smallest absolute Gasteiger partial charge is 0.306 e. The van der Waals surface area contributed by atoms with E-state index in [-0.39, 0.29) is 31.1 Å². The van der Waals surface area contributed by atoms with Gasteiger partial charge in [-0.05, 0) is 83.5 Å². The first-order valence-electron chi connectivity index (χ1n) is 34.8. The quantitative estimate of drug-likeness (QED) is 0.0261. The van der Waals surface area contributed by atoms with Crippen LogP contribution in [0, 0.1) is 0 Å². The van der Waals surface area contributed by atoms with Crippen LogP contribution in [0.2, 0.25) is 0 Å². The molecule has 1 atom stereocenters. The molecule has 6 heteroatoms. The number of carbonyl (C=O) groups excluding carboxylic acids is 3. The van der Waals surface area contributed by atoms with Gasteiger partial charge in [0.2, 0.25) is 0 Å². The molecule has 0 amide bonds. The van der Waals surface area contributed by atoms with E-state index >= 15 is 0 Å². The molecule has 79 heavy (non-hydrogen) atoms. The van der Waals surface area contributed by atoms with Gasteiger partial charge in [-0.1, -0.05) is 326 Å². The van der Waals surface area contributed by atoms with Crippen LogP contribution in [0.15, 0.2) is 60.8 Å². The van der Waals surface area contributed by atoms with Crippen molar-refractivity contribution in [1.82, 2.24) is 0 Å². The van der Waals surface area contributed by atoms with Crippen LogP contribution in [0.1, 0.15) is 367 Å². The van der Waals surface area contributed by atoms with Crippen molar-refractivity contribution in [3.63, 3.8) is 0 Å². The summed E-state index contributed by atoms with van der Waals surface area (Å²) in [5.74, 6) is -0.903. The van der Waals surface area contributed by atoms with Gasteiger partial charge in [0.05, 0.1) is 0 Å². The zero-order valence-corrected chi connectivity index (χ0v) is 52.9. The lowest BCUT2D eigenvalue weighted by atomic mass is 10.0. The van der Waals surface area contributed by atoms with Gasteiger partial charge in [-0.15, -0.1) is 0 Å². The van der Waals surface area contributed by atoms with Gasteiger partial charge in [0.1, 0.15) is 13.2 Å². The Hall–Kier alpha value is -2.89. The fourth-order valence-electron chi connectivity index (χ4n) is 10.3. The molecule has 0 aromatic rings. The van der Waals surface area contributed by atoms with Crippen molar-refractivity contribution in [3.05, 3.63) is 60.8 Å². The average Bonchev–Trinajstić information content (AvgIpc) is 3.45. The molecule has 0 saturated carbocycles. The molecule has 6 nitrogen and oxygen atoms in total. The van der Waals surface area contributed by atoms with Gasteiger partial charge < -0.3 is 14.2 Å². The minimum Gasteiger partial charge on any atom is -0.462 e. The van der Waals surface area contributed by atoms with E-state index < -0.39 is 6.10 Å². The first kappa shape index (κ1) is 76.1. The standard InChI is InChI=1S/C73H132O6/c1-4-7-10-13-16-19-22-25-28-30-32-34-35-36-37-39-40-42-45-48-51-54-57-60-63-66-72(75)78-69-70(68-77-71(74)65-62-59-56-53-50-47-44-27-24-21-18-15-12-9-6-3)79-73(76)67-64-61-58-55-52-49-46-43-41-38-33-31-29-26-23-20-17-14-11-8-5-2/h9,12,18,21,27,30,32,44,50,53,70H,4-8,10-11,13-17,19-20,22-26,28-29,31,33-43,45-49,51-52,54-69H2,1-3H3/b12-9-,21-18-,32-30-,44-27-,53-50-. The molecule has 0 N–H and O–H groups in total. The van der Waals surface area contributed by atoms with Crippen molar-refractivity contribution in [3.8, 4) is 0 Å². The lowest BCUT2D eigenvalue weighted by molar-refractivity contribution is -0.167. The second-order valence-electron chi connectivity index (χ2n) is 23.4. The lowest BCUT2D eigenvalue weighted by Gasteiger charge is -2.18. The van der Waals surface area contributed by atoms with Gasteiger partial charge >= 0.3 is 17.9 Å². The van der Waals surface area contributed by atoms with Crippen LogP contribution in [0.4, 0.5) is 0 Å². The van der Waals surface area contributed by atoms with E-state index in [1.807, 2.05) is 0 Å². The van der Waals surface area contributed by atoms with Gasteiger partial charge in [-0.25, -0.2) is 0 Å². The fraction of sp³-hybridized carbons (Fsp3) is 0.822. The number of allylic oxidation sites excluding steroid dienone is 10. The molecular weight excluding hydrogens is 973 g/mol. The Morgan fingerprint density at radius 3 is 0.810 bits per heavy atom. The Kier molecular flexibility index (Phi) is 65.1. The van der Waals surface area contributed by atoms with Crippen molar-refractivity contribution in [1.29, 1.82) is 0 Å². The molecule has 0 spiro atoms.